The van der Waals surface area contributed by atoms with Crippen LogP contribution >= 0.6 is 22.7 Å². The first-order valence-corrected chi connectivity index (χ1v) is 21.1. The molecule has 2 aliphatic rings. The minimum Gasteiger partial charge on any atom is -0.333 e. The van der Waals surface area contributed by atoms with Gasteiger partial charge < -0.3 is 9.88 Å². The number of para-hydroxylation sites is 2. The molecule has 4 heterocycles. The largest absolute Gasteiger partial charge is 0.333 e. The van der Waals surface area contributed by atoms with Gasteiger partial charge in [-0.15, -0.1) is 22.7 Å². The van der Waals surface area contributed by atoms with Crippen LogP contribution in [0.3, 0.4) is 0 Å². The first kappa shape index (κ1) is 32.6. The van der Waals surface area contributed by atoms with Crippen molar-refractivity contribution in [3.05, 3.63) is 197 Å². The molecule has 57 heavy (non-hydrogen) atoms. The number of hydrogen-bond acceptors (Lipinski definition) is 5. The average molecular weight is 767 g/mol. The minimum absolute atomic E-state index is 0.243. The van der Waals surface area contributed by atoms with Gasteiger partial charge in [-0.3, -0.25) is 0 Å². The zero-order valence-corrected chi connectivity index (χ0v) is 32.4. The predicted octanol–water partition coefficient (Wildman–Crippen LogP) is 13.4. The van der Waals surface area contributed by atoms with Crippen LogP contribution in [0.15, 0.2) is 180 Å². The van der Waals surface area contributed by atoms with Crippen molar-refractivity contribution in [1.82, 2.24) is 9.88 Å². The van der Waals surface area contributed by atoms with Crippen LogP contribution in [-0.4, -0.2) is 16.2 Å². The van der Waals surface area contributed by atoms with Crippen LogP contribution in [0.2, 0.25) is 0 Å². The molecule has 1 aliphatic carbocycles. The van der Waals surface area contributed by atoms with Crippen molar-refractivity contribution in [1.29, 1.82) is 0 Å². The lowest BCUT2D eigenvalue weighted by molar-refractivity contribution is 0.640. The summed E-state index contributed by atoms with van der Waals surface area (Å²) in [5.74, 6) is 1.66. The van der Waals surface area contributed by atoms with E-state index < -0.39 is 0 Å². The highest BCUT2D eigenvalue weighted by Gasteiger charge is 2.24. The molecule has 10 aromatic rings. The standard InChI is InChI=1S/C51H34N4S2/c1-3-11-31(12-4-1)49-52-50(32-13-5-2-6-14-32)54-51(53-49)35-21-25-47-41(29-35)39-27-33(19-23-45(39)56-47)34-20-24-46-40(28-34)42-30-36(22-26-48(42)57-46)55-43-17-9-7-15-37(43)38-16-8-10-18-44(38)55/h1-29,36,51H,30H2,(H,52,53,54). The highest BCUT2D eigenvalue weighted by Crippen LogP contribution is 2.44. The second-order valence-electron chi connectivity index (χ2n) is 14.9. The molecule has 6 heteroatoms. The lowest BCUT2D eigenvalue weighted by atomic mass is 9.94. The Morgan fingerprint density at radius 1 is 0.491 bits per heavy atom. The van der Waals surface area contributed by atoms with Crippen LogP contribution in [0.1, 0.15) is 39.3 Å². The van der Waals surface area contributed by atoms with Gasteiger partial charge in [-0.25, -0.2) is 9.98 Å². The molecule has 0 radical (unpaired) electrons. The topological polar surface area (TPSA) is 41.7 Å². The van der Waals surface area contributed by atoms with E-state index in [0.717, 1.165) is 34.8 Å². The first-order chi connectivity index (χ1) is 28.2. The molecule has 0 spiro atoms. The SMILES string of the molecule is C1=CC(n2c3ccccc3c3ccccc32)Cc2c1sc1ccc(-c3ccc4sc5ccc(C6N=C(c7ccccc7)NC(c7ccccc7)=N6)cc5c4c3)cc21. The van der Waals surface area contributed by atoms with Crippen LogP contribution in [-0.2, 0) is 6.42 Å². The Bertz CT molecular complexity index is 3200. The van der Waals surface area contributed by atoms with E-state index in [1.165, 1.54) is 73.6 Å². The number of benzene rings is 7. The number of thiophene rings is 2. The quantitative estimate of drug-likeness (QED) is 0.186. The molecule has 0 saturated carbocycles. The van der Waals surface area contributed by atoms with Gasteiger partial charge in [-0.05, 0) is 88.7 Å². The first-order valence-electron chi connectivity index (χ1n) is 19.4. The Morgan fingerprint density at radius 2 is 1.04 bits per heavy atom. The van der Waals surface area contributed by atoms with Gasteiger partial charge in [0.05, 0.1) is 6.04 Å². The number of rotatable bonds is 5. The van der Waals surface area contributed by atoms with E-state index in [0.29, 0.717) is 0 Å². The fourth-order valence-corrected chi connectivity index (χ4v) is 11.1. The maximum atomic E-state index is 5.16. The zero-order chi connectivity index (χ0) is 37.5. The fourth-order valence-electron chi connectivity index (χ4n) is 8.88. The van der Waals surface area contributed by atoms with Gasteiger partial charge in [-0.2, -0.15) is 0 Å². The van der Waals surface area contributed by atoms with Gasteiger partial charge in [0.15, 0.2) is 6.17 Å². The second-order valence-corrected chi connectivity index (χ2v) is 17.1. The maximum absolute atomic E-state index is 5.16. The molecule has 0 saturated heterocycles. The second kappa shape index (κ2) is 13.0. The van der Waals surface area contributed by atoms with Gasteiger partial charge in [0.1, 0.15) is 11.7 Å². The monoisotopic (exact) mass is 766 g/mol. The molecule has 1 N–H and O–H groups in total. The van der Waals surface area contributed by atoms with Crippen molar-refractivity contribution >= 4 is 92.5 Å². The van der Waals surface area contributed by atoms with Crippen molar-refractivity contribution in [2.75, 3.05) is 0 Å². The Kier molecular flexibility index (Phi) is 7.43. The summed E-state index contributed by atoms with van der Waals surface area (Å²) in [5.41, 5.74) is 9.68. The van der Waals surface area contributed by atoms with Crippen molar-refractivity contribution in [3.63, 3.8) is 0 Å². The fraction of sp³-hybridized carbons (Fsp3) is 0.0588. The van der Waals surface area contributed by atoms with Gasteiger partial charge >= 0.3 is 0 Å². The van der Waals surface area contributed by atoms with Gasteiger partial charge in [0.25, 0.3) is 0 Å². The summed E-state index contributed by atoms with van der Waals surface area (Å²) in [6.45, 7) is 0. The molecule has 12 rings (SSSR count). The van der Waals surface area contributed by atoms with Crippen molar-refractivity contribution < 1.29 is 0 Å². The normalized spacial score (nSPS) is 15.7. The van der Waals surface area contributed by atoms with Crippen molar-refractivity contribution in [3.8, 4) is 11.1 Å². The molecule has 7 aromatic carbocycles. The summed E-state index contributed by atoms with van der Waals surface area (Å²) in [6, 6.07) is 59.4. The summed E-state index contributed by atoms with van der Waals surface area (Å²) >= 11 is 3.75. The van der Waals surface area contributed by atoms with Crippen LogP contribution in [0, 0.1) is 0 Å². The van der Waals surface area contributed by atoms with Crippen LogP contribution < -0.4 is 5.32 Å². The maximum Gasteiger partial charge on any atom is 0.169 e. The minimum atomic E-state index is -0.369. The molecule has 270 valence electrons. The Balaban J connectivity index is 0.927. The molecule has 1 atom stereocenters. The van der Waals surface area contributed by atoms with Crippen molar-refractivity contribution in [2.24, 2.45) is 9.98 Å². The van der Waals surface area contributed by atoms with Crippen LogP contribution in [0.5, 0.6) is 0 Å². The number of hydrogen-bond donors (Lipinski definition) is 1. The van der Waals surface area contributed by atoms with E-state index >= 15 is 0 Å². The lowest BCUT2D eigenvalue weighted by Crippen LogP contribution is -2.35. The molecule has 4 nitrogen and oxygen atoms in total. The van der Waals surface area contributed by atoms with E-state index in [1.807, 2.05) is 34.8 Å². The van der Waals surface area contributed by atoms with Crippen LogP contribution in [0.4, 0.5) is 0 Å². The van der Waals surface area contributed by atoms with E-state index in [1.54, 1.807) is 0 Å². The lowest BCUT2D eigenvalue weighted by Gasteiger charge is -2.22. The van der Waals surface area contributed by atoms with Crippen LogP contribution in [0.25, 0.3) is 69.3 Å². The number of aliphatic imine (C=N–C) groups is 2. The highest BCUT2D eigenvalue weighted by molar-refractivity contribution is 7.25. The average Bonchev–Trinajstić information content (AvgIpc) is 3.95. The molecule has 0 fully saturated rings. The molecule has 3 aromatic heterocycles. The third-order valence-electron chi connectivity index (χ3n) is 11.6. The zero-order valence-electron chi connectivity index (χ0n) is 30.8. The third-order valence-corrected chi connectivity index (χ3v) is 13.9. The molecular weight excluding hydrogens is 733 g/mol. The highest BCUT2D eigenvalue weighted by atomic mass is 32.1. The third kappa shape index (κ3) is 5.40. The van der Waals surface area contributed by atoms with E-state index in [2.05, 4.69) is 174 Å². The molecule has 0 bridgehead atoms. The molecule has 1 aliphatic heterocycles. The van der Waals surface area contributed by atoms with E-state index in [4.69, 9.17) is 9.98 Å². The number of nitrogens with zero attached hydrogens (tertiary/aromatic N) is 3. The van der Waals surface area contributed by atoms with Gasteiger partial charge in [-0.1, -0.05) is 121 Å². The van der Waals surface area contributed by atoms with Gasteiger partial charge in [0, 0.05) is 62.7 Å². The smallest absolute Gasteiger partial charge is 0.169 e. The number of aromatic nitrogens is 1. The summed E-state index contributed by atoms with van der Waals surface area (Å²) in [5, 5.41) is 10.0. The summed E-state index contributed by atoms with van der Waals surface area (Å²) in [6.07, 6.45) is 5.37. The Morgan fingerprint density at radius 3 is 1.68 bits per heavy atom. The molecule has 1 unspecified atom stereocenters. The predicted molar refractivity (Wildman–Crippen MR) is 243 cm³/mol. The van der Waals surface area contributed by atoms with Gasteiger partial charge in [0.2, 0.25) is 0 Å². The molecular formula is C51H34N4S2. The van der Waals surface area contributed by atoms with E-state index in [-0.39, 0.29) is 12.2 Å². The number of nitrogens with one attached hydrogen (secondary N) is 1. The molecule has 0 amide bonds. The Hall–Kier alpha value is -6.60. The number of allylic oxidation sites excluding steroid dienone is 1. The number of fused-ring (bicyclic) bond motifs is 9. The Labute approximate surface area is 337 Å². The van der Waals surface area contributed by atoms with Crippen molar-refractivity contribution in [2.45, 2.75) is 18.6 Å². The van der Waals surface area contributed by atoms with E-state index in [9.17, 15) is 0 Å². The summed E-state index contributed by atoms with van der Waals surface area (Å²) < 4.78 is 6.44. The number of amidine groups is 2. The summed E-state index contributed by atoms with van der Waals surface area (Å²) in [7, 11) is 0. The summed E-state index contributed by atoms with van der Waals surface area (Å²) in [4.78, 5) is 11.7.